The molecule has 0 amide bonds. The van der Waals surface area contributed by atoms with Crippen LogP contribution in [0.1, 0.15) is 37.2 Å². The summed E-state index contributed by atoms with van der Waals surface area (Å²) in [6, 6.07) is 16.0. The van der Waals surface area contributed by atoms with Crippen molar-refractivity contribution in [1.29, 1.82) is 0 Å². The molecule has 0 saturated heterocycles. The fourth-order valence-corrected chi connectivity index (χ4v) is 2.92. The Morgan fingerprint density at radius 2 is 1.74 bits per heavy atom. The van der Waals surface area contributed by atoms with Crippen molar-refractivity contribution in [2.24, 2.45) is 0 Å². The molecular weight excluding hydrogens is 256 g/mol. The molecule has 2 heteroatoms. The van der Waals surface area contributed by atoms with Gasteiger partial charge < -0.3 is 4.74 Å². The molecule has 0 radical (unpaired) electrons. The van der Waals surface area contributed by atoms with Crippen LogP contribution in [0.5, 0.6) is 11.5 Å². The molecule has 1 aliphatic carbocycles. The smallest absolute Gasteiger partial charge is 0.146 e. The van der Waals surface area contributed by atoms with Crippen LogP contribution < -0.4 is 4.74 Å². The molecule has 0 unspecified atom stereocenters. The van der Waals surface area contributed by atoms with Crippen molar-refractivity contribution < 1.29 is 4.74 Å². The Bertz CT molecular complexity index is 559. The summed E-state index contributed by atoms with van der Waals surface area (Å²) in [5, 5.41) is 0.647. The molecule has 1 saturated carbocycles. The molecule has 0 heterocycles. The van der Waals surface area contributed by atoms with Crippen molar-refractivity contribution in [2.75, 3.05) is 0 Å². The van der Waals surface area contributed by atoms with Crippen molar-refractivity contribution in [1.82, 2.24) is 0 Å². The Hall–Kier alpha value is -1.47. The third-order valence-corrected chi connectivity index (χ3v) is 4.06. The summed E-state index contributed by atoms with van der Waals surface area (Å²) in [5.41, 5.74) is 1.39. The van der Waals surface area contributed by atoms with Gasteiger partial charge in [-0.1, -0.05) is 48.7 Å². The van der Waals surface area contributed by atoms with E-state index in [0.29, 0.717) is 16.7 Å². The maximum atomic E-state index is 6.12. The van der Waals surface area contributed by atoms with Crippen LogP contribution in [0.3, 0.4) is 0 Å². The number of ether oxygens (including phenoxy) is 1. The highest BCUT2D eigenvalue weighted by molar-refractivity contribution is 6.32. The minimum absolute atomic E-state index is 0.647. The predicted molar refractivity (Wildman–Crippen MR) is 79.2 cm³/mol. The topological polar surface area (TPSA) is 9.23 Å². The predicted octanol–water partition coefficient (Wildman–Crippen LogP) is 5.79. The summed E-state index contributed by atoms with van der Waals surface area (Å²) in [6.45, 7) is 0. The lowest BCUT2D eigenvalue weighted by Crippen LogP contribution is -1.93. The highest BCUT2D eigenvalue weighted by Crippen LogP contribution is 2.36. The standard InChI is InChI=1S/C17H17ClO/c18-16-10-3-4-11-17(16)19-15-9-5-8-14(12-15)13-6-1-2-7-13/h3-5,8-13H,1-2,6-7H2. The number of hydrogen-bond acceptors (Lipinski definition) is 1. The summed E-state index contributed by atoms with van der Waals surface area (Å²) in [6.07, 6.45) is 5.30. The minimum Gasteiger partial charge on any atom is -0.456 e. The van der Waals surface area contributed by atoms with Gasteiger partial charge in [-0.2, -0.15) is 0 Å². The lowest BCUT2D eigenvalue weighted by Gasteiger charge is -2.12. The van der Waals surface area contributed by atoms with E-state index in [1.54, 1.807) is 0 Å². The van der Waals surface area contributed by atoms with Crippen LogP contribution in [-0.4, -0.2) is 0 Å². The van der Waals surface area contributed by atoms with Crippen LogP contribution in [0.2, 0.25) is 5.02 Å². The van der Waals surface area contributed by atoms with E-state index in [2.05, 4.69) is 18.2 Å². The highest BCUT2D eigenvalue weighted by Gasteiger charge is 2.17. The zero-order chi connectivity index (χ0) is 13.1. The fourth-order valence-electron chi connectivity index (χ4n) is 2.75. The van der Waals surface area contributed by atoms with Crippen molar-refractivity contribution in [2.45, 2.75) is 31.6 Å². The van der Waals surface area contributed by atoms with Gasteiger partial charge in [0.1, 0.15) is 11.5 Å². The Morgan fingerprint density at radius 1 is 0.947 bits per heavy atom. The van der Waals surface area contributed by atoms with Gasteiger partial charge in [0.05, 0.1) is 5.02 Å². The summed E-state index contributed by atoms with van der Waals surface area (Å²) >= 11 is 6.12. The van der Waals surface area contributed by atoms with E-state index in [1.807, 2.05) is 30.3 Å². The van der Waals surface area contributed by atoms with Crippen molar-refractivity contribution in [3.05, 3.63) is 59.1 Å². The maximum absolute atomic E-state index is 6.12. The second-order valence-electron chi connectivity index (χ2n) is 5.09. The van der Waals surface area contributed by atoms with Gasteiger partial charge in [-0.05, 0) is 48.6 Å². The molecular formula is C17H17ClO. The second kappa shape index (κ2) is 5.66. The number of benzene rings is 2. The molecule has 0 aliphatic heterocycles. The number of hydrogen-bond donors (Lipinski definition) is 0. The van der Waals surface area contributed by atoms with E-state index >= 15 is 0 Å². The molecule has 3 rings (SSSR count). The average Bonchev–Trinajstić information content (AvgIpc) is 2.96. The Kier molecular flexibility index (Phi) is 3.74. The van der Waals surface area contributed by atoms with Crippen LogP contribution >= 0.6 is 11.6 Å². The monoisotopic (exact) mass is 272 g/mol. The molecule has 2 aromatic rings. The Balaban J connectivity index is 1.81. The molecule has 2 aromatic carbocycles. The minimum atomic E-state index is 0.647. The third kappa shape index (κ3) is 2.93. The molecule has 0 spiro atoms. The third-order valence-electron chi connectivity index (χ3n) is 3.75. The van der Waals surface area contributed by atoms with Crippen molar-refractivity contribution >= 4 is 11.6 Å². The first-order chi connectivity index (χ1) is 9.33. The van der Waals surface area contributed by atoms with Crippen molar-refractivity contribution in [3.8, 4) is 11.5 Å². The SMILES string of the molecule is Clc1ccccc1Oc1cccc(C2CCCC2)c1. The first-order valence-corrected chi connectivity index (χ1v) is 7.23. The quantitative estimate of drug-likeness (QED) is 0.687. The van der Waals surface area contributed by atoms with Crippen LogP contribution in [0.4, 0.5) is 0 Å². The zero-order valence-electron chi connectivity index (χ0n) is 10.8. The molecule has 1 nitrogen and oxygen atoms in total. The fraction of sp³-hybridized carbons (Fsp3) is 0.294. The number of para-hydroxylation sites is 1. The van der Waals surface area contributed by atoms with Crippen LogP contribution in [0.25, 0.3) is 0 Å². The first kappa shape index (κ1) is 12.6. The average molecular weight is 273 g/mol. The first-order valence-electron chi connectivity index (χ1n) is 6.85. The normalized spacial score (nSPS) is 15.6. The van der Waals surface area contributed by atoms with Crippen molar-refractivity contribution in [3.63, 3.8) is 0 Å². The lowest BCUT2D eigenvalue weighted by molar-refractivity contribution is 0.481. The van der Waals surface area contributed by atoms with E-state index in [-0.39, 0.29) is 0 Å². The van der Waals surface area contributed by atoms with Gasteiger partial charge in [-0.15, -0.1) is 0 Å². The van der Waals surface area contributed by atoms with Crippen LogP contribution in [0.15, 0.2) is 48.5 Å². The van der Waals surface area contributed by atoms with E-state index in [9.17, 15) is 0 Å². The van der Waals surface area contributed by atoms with Crippen LogP contribution in [-0.2, 0) is 0 Å². The summed E-state index contributed by atoms with van der Waals surface area (Å²) in [5.74, 6) is 2.29. The molecule has 0 bridgehead atoms. The number of halogens is 1. The van der Waals surface area contributed by atoms with Gasteiger partial charge in [-0.25, -0.2) is 0 Å². The summed E-state index contributed by atoms with van der Waals surface area (Å²) in [4.78, 5) is 0. The molecule has 0 atom stereocenters. The van der Waals surface area contributed by atoms with Gasteiger partial charge in [0.15, 0.2) is 0 Å². The van der Waals surface area contributed by atoms with Gasteiger partial charge in [-0.3, -0.25) is 0 Å². The van der Waals surface area contributed by atoms with Crippen LogP contribution in [0, 0.1) is 0 Å². The van der Waals surface area contributed by atoms with E-state index in [1.165, 1.54) is 31.2 Å². The largest absolute Gasteiger partial charge is 0.456 e. The van der Waals surface area contributed by atoms with Gasteiger partial charge in [0.2, 0.25) is 0 Å². The molecule has 1 aliphatic rings. The molecule has 0 aromatic heterocycles. The van der Waals surface area contributed by atoms with Gasteiger partial charge in [0.25, 0.3) is 0 Å². The summed E-state index contributed by atoms with van der Waals surface area (Å²) in [7, 11) is 0. The zero-order valence-corrected chi connectivity index (χ0v) is 11.6. The number of rotatable bonds is 3. The molecule has 0 N–H and O–H groups in total. The van der Waals surface area contributed by atoms with E-state index < -0.39 is 0 Å². The lowest BCUT2D eigenvalue weighted by atomic mass is 9.98. The Morgan fingerprint density at radius 3 is 2.53 bits per heavy atom. The van der Waals surface area contributed by atoms with Gasteiger partial charge in [0, 0.05) is 0 Å². The van der Waals surface area contributed by atoms with E-state index in [4.69, 9.17) is 16.3 Å². The second-order valence-corrected chi connectivity index (χ2v) is 5.49. The Labute approximate surface area is 119 Å². The van der Waals surface area contributed by atoms with E-state index in [0.717, 1.165) is 5.75 Å². The maximum Gasteiger partial charge on any atom is 0.146 e. The molecule has 98 valence electrons. The molecule has 1 fully saturated rings. The molecule has 19 heavy (non-hydrogen) atoms. The van der Waals surface area contributed by atoms with Gasteiger partial charge >= 0.3 is 0 Å². The highest BCUT2D eigenvalue weighted by atomic mass is 35.5. The summed E-state index contributed by atoms with van der Waals surface area (Å²) < 4.78 is 5.88.